The molecule has 0 aliphatic rings. The van der Waals surface area contributed by atoms with Crippen LogP contribution in [0.15, 0.2) is 12.4 Å². The number of nitrogens with one attached hydrogen (secondary N) is 1. The SMILES string of the molecule is CO[Si](CCCc1[nH]cc[n+]1C)(OC)OC.O=S(=O)([O-])O. The maximum Gasteiger partial charge on any atom is 0.500 e. The molecule has 9 nitrogen and oxygen atoms in total. The van der Waals surface area contributed by atoms with Crippen molar-refractivity contribution in [3.63, 3.8) is 0 Å². The molecule has 0 atom stereocenters. The van der Waals surface area contributed by atoms with E-state index < -0.39 is 19.2 Å². The molecule has 0 aromatic carbocycles. The van der Waals surface area contributed by atoms with E-state index in [2.05, 4.69) is 9.55 Å². The van der Waals surface area contributed by atoms with Crippen LogP contribution in [0.3, 0.4) is 0 Å². The molecule has 0 saturated carbocycles. The zero-order chi connectivity index (χ0) is 16.5. The summed E-state index contributed by atoms with van der Waals surface area (Å²) in [6, 6.07) is 0.829. The van der Waals surface area contributed by atoms with Crippen LogP contribution < -0.4 is 4.57 Å². The molecular formula is C10H22N2O7SSi. The summed E-state index contributed by atoms with van der Waals surface area (Å²) < 4.78 is 51.0. The zero-order valence-corrected chi connectivity index (χ0v) is 14.3. The van der Waals surface area contributed by atoms with Gasteiger partial charge in [0.15, 0.2) is 0 Å². The van der Waals surface area contributed by atoms with E-state index in [4.69, 9.17) is 30.8 Å². The van der Waals surface area contributed by atoms with Crippen molar-refractivity contribution in [3.05, 3.63) is 18.2 Å². The first-order chi connectivity index (χ1) is 9.67. The molecule has 0 amide bonds. The molecule has 0 fully saturated rings. The third-order valence-electron chi connectivity index (χ3n) is 2.80. The Morgan fingerprint density at radius 2 is 1.81 bits per heavy atom. The smallest absolute Gasteiger partial charge is 0.500 e. The van der Waals surface area contributed by atoms with E-state index in [-0.39, 0.29) is 0 Å². The van der Waals surface area contributed by atoms with Crippen molar-refractivity contribution in [1.82, 2.24) is 4.98 Å². The summed E-state index contributed by atoms with van der Waals surface area (Å²) in [4.78, 5) is 3.20. The fourth-order valence-corrected chi connectivity index (χ4v) is 3.44. The number of nitrogens with zero attached hydrogens (tertiary/aromatic N) is 1. The first-order valence-corrected chi connectivity index (χ1v) is 9.32. The first kappa shape index (κ1) is 20.2. The van der Waals surface area contributed by atoms with Gasteiger partial charge >= 0.3 is 8.80 Å². The molecule has 2 N–H and O–H groups in total. The number of aryl methyl sites for hydroxylation is 2. The van der Waals surface area contributed by atoms with Gasteiger partial charge in [-0.15, -0.1) is 0 Å². The third-order valence-corrected chi connectivity index (χ3v) is 5.64. The molecule has 0 saturated heterocycles. The predicted octanol–water partition coefficient (Wildman–Crippen LogP) is -0.345. The van der Waals surface area contributed by atoms with E-state index in [9.17, 15) is 0 Å². The van der Waals surface area contributed by atoms with E-state index in [1.807, 2.05) is 19.4 Å². The Morgan fingerprint density at radius 3 is 2.14 bits per heavy atom. The van der Waals surface area contributed by atoms with Gasteiger partial charge in [0.25, 0.3) is 5.82 Å². The molecule has 0 aliphatic heterocycles. The Hall–Kier alpha value is -0.823. The van der Waals surface area contributed by atoms with Crippen LogP contribution in [0.5, 0.6) is 0 Å². The number of aromatic nitrogens is 2. The van der Waals surface area contributed by atoms with Gasteiger partial charge in [0.1, 0.15) is 12.4 Å². The number of hydrogen-bond acceptors (Lipinski definition) is 6. The predicted molar refractivity (Wildman–Crippen MR) is 74.2 cm³/mol. The van der Waals surface area contributed by atoms with Crippen molar-refractivity contribution in [2.45, 2.75) is 18.9 Å². The van der Waals surface area contributed by atoms with Crippen molar-refractivity contribution >= 4 is 19.2 Å². The van der Waals surface area contributed by atoms with Crippen molar-refractivity contribution in [2.24, 2.45) is 7.05 Å². The van der Waals surface area contributed by atoms with Crippen molar-refractivity contribution in [3.8, 4) is 0 Å². The van der Waals surface area contributed by atoms with Gasteiger partial charge in [-0.05, 0) is 6.42 Å². The minimum Gasteiger partial charge on any atom is -0.726 e. The average molecular weight is 342 g/mol. The van der Waals surface area contributed by atoms with Crippen molar-refractivity contribution < 1.29 is 35.4 Å². The Bertz CT molecular complexity index is 485. The minimum absolute atomic E-state index is 0.829. The van der Waals surface area contributed by atoms with E-state index in [1.165, 1.54) is 5.82 Å². The van der Waals surface area contributed by atoms with Crippen molar-refractivity contribution in [1.29, 1.82) is 0 Å². The topological polar surface area (TPSA) is 125 Å². The lowest BCUT2D eigenvalue weighted by molar-refractivity contribution is -0.677. The molecule has 0 radical (unpaired) electrons. The molecule has 124 valence electrons. The molecule has 1 aromatic rings. The van der Waals surface area contributed by atoms with Gasteiger partial charge in [0.05, 0.1) is 7.05 Å². The molecule has 21 heavy (non-hydrogen) atoms. The lowest BCUT2D eigenvalue weighted by atomic mass is 10.3. The number of rotatable bonds is 7. The van der Waals surface area contributed by atoms with Gasteiger partial charge in [-0.3, -0.25) is 4.55 Å². The highest BCUT2D eigenvalue weighted by Gasteiger charge is 2.37. The molecule has 0 spiro atoms. The van der Waals surface area contributed by atoms with Crippen LogP contribution in [-0.2, 0) is 37.1 Å². The lowest BCUT2D eigenvalue weighted by Gasteiger charge is -2.23. The fraction of sp³-hybridized carbons (Fsp3) is 0.700. The normalized spacial score (nSPS) is 11.9. The van der Waals surface area contributed by atoms with Crippen LogP contribution in [0.2, 0.25) is 6.04 Å². The second kappa shape index (κ2) is 9.25. The van der Waals surface area contributed by atoms with Crippen LogP contribution in [0.25, 0.3) is 0 Å². The average Bonchev–Trinajstić information content (AvgIpc) is 2.79. The number of aromatic amines is 1. The summed E-state index contributed by atoms with van der Waals surface area (Å²) in [5, 5.41) is 0. The van der Waals surface area contributed by atoms with Gasteiger partial charge in [-0.2, -0.15) is 0 Å². The van der Waals surface area contributed by atoms with E-state index >= 15 is 0 Å². The zero-order valence-electron chi connectivity index (χ0n) is 12.5. The molecule has 1 rings (SSSR count). The molecule has 1 heterocycles. The van der Waals surface area contributed by atoms with Crippen molar-refractivity contribution in [2.75, 3.05) is 21.3 Å². The van der Waals surface area contributed by atoms with Crippen LogP contribution in [0.4, 0.5) is 0 Å². The third kappa shape index (κ3) is 8.93. The van der Waals surface area contributed by atoms with E-state index in [1.54, 1.807) is 21.3 Å². The second-order valence-corrected chi connectivity index (χ2v) is 8.04. The molecular weight excluding hydrogens is 320 g/mol. The standard InChI is InChI=1S/C10H20N2O3Si.H2O4S/c1-12-8-7-11-10(12)6-5-9-16(13-2,14-3)15-4;1-5(2,3)4/h7-8H,5-6,9H2,1-4H3;(H2,1,2,3,4). The molecule has 0 aliphatic carbocycles. The summed E-state index contributed by atoms with van der Waals surface area (Å²) >= 11 is 0. The summed E-state index contributed by atoms with van der Waals surface area (Å²) in [6.07, 6.45) is 5.89. The second-order valence-electron chi connectivity index (χ2n) is 4.09. The van der Waals surface area contributed by atoms with Crippen LogP contribution in [0.1, 0.15) is 12.2 Å². The van der Waals surface area contributed by atoms with Gasteiger partial charge in [-0.1, -0.05) is 0 Å². The number of H-pyrrole nitrogens is 1. The van der Waals surface area contributed by atoms with Gasteiger partial charge < -0.3 is 17.8 Å². The number of hydrogen-bond donors (Lipinski definition) is 2. The highest BCUT2D eigenvalue weighted by atomic mass is 32.3. The molecule has 1 aromatic heterocycles. The maximum atomic E-state index is 8.63. The lowest BCUT2D eigenvalue weighted by Crippen LogP contribution is -2.42. The Labute approximate surface area is 125 Å². The summed E-state index contributed by atoms with van der Waals surface area (Å²) in [5.41, 5.74) is 0. The molecule has 0 unspecified atom stereocenters. The summed E-state index contributed by atoms with van der Waals surface area (Å²) in [5.74, 6) is 1.20. The summed E-state index contributed by atoms with van der Waals surface area (Å²) in [6.45, 7) is 0. The van der Waals surface area contributed by atoms with Gasteiger partial charge in [-0.25, -0.2) is 18.0 Å². The van der Waals surface area contributed by atoms with Gasteiger partial charge in [0.2, 0.25) is 10.4 Å². The quantitative estimate of drug-likeness (QED) is 0.300. The number of imidazole rings is 1. The Morgan fingerprint density at radius 1 is 1.33 bits per heavy atom. The Balaban J connectivity index is 0.000000690. The molecule has 11 heteroatoms. The van der Waals surface area contributed by atoms with Crippen LogP contribution in [0, 0.1) is 0 Å². The van der Waals surface area contributed by atoms with E-state index in [0.717, 1.165) is 18.9 Å². The highest BCUT2D eigenvalue weighted by molar-refractivity contribution is 7.79. The van der Waals surface area contributed by atoms with Crippen LogP contribution in [-0.4, -0.2) is 52.6 Å². The first-order valence-electron chi connectivity index (χ1n) is 6.03. The monoisotopic (exact) mass is 342 g/mol. The maximum absolute atomic E-state index is 8.63. The van der Waals surface area contributed by atoms with Gasteiger partial charge in [0, 0.05) is 33.8 Å². The van der Waals surface area contributed by atoms with E-state index in [0.29, 0.717) is 0 Å². The Kier molecular flexibility index (Phi) is 8.88. The fourth-order valence-electron chi connectivity index (χ4n) is 1.71. The minimum atomic E-state index is -4.92. The summed E-state index contributed by atoms with van der Waals surface area (Å²) in [7, 11) is -0.341. The largest absolute Gasteiger partial charge is 0.726 e. The highest BCUT2D eigenvalue weighted by Crippen LogP contribution is 2.15. The molecule has 0 bridgehead atoms. The van der Waals surface area contributed by atoms with Crippen LogP contribution >= 0.6 is 0 Å².